The number of rotatable bonds is 6. The van der Waals surface area contributed by atoms with Gasteiger partial charge < -0.3 is 19.5 Å². The lowest BCUT2D eigenvalue weighted by molar-refractivity contribution is -0.136. The van der Waals surface area contributed by atoms with Crippen LogP contribution in [0.2, 0.25) is 0 Å². The van der Waals surface area contributed by atoms with Crippen molar-refractivity contribution in [2.75, 3.05) is 26.6 Å². The molecule has 0 heterocycles. The molecule has 0 spiro atoms. The SMILES string of the molecule is COC(=O)c1ccc(NC(=O)C(=O)N/N=C\c2cccc(OC)c2OC)cc1. The first-order valence-corrected chi connectivity index (χ1v) is 8.04. The number of amides is 2. The topological polar surface area (TPSA) is 115 Å². The summed E-state index contributed by atoms with van der Waals surface area (Å²) in [5.41, 5.74) is 3.34. The van der Waals surface area contributed by atoms with Crippen LogP contribution in [0.3, 0.4) is 0 Å². The molecule has 0 aliphatic carbocycles. The summed E-state index contributed by atoms with van der Waals surface area (Å²) < 4.78 is 15.0. The highest BCUT2D eigenvalue weighted by molar-refractivity contribution is 6.39. The highest BCUT2D eigenvalue weighted by Crippen LogP contribution is 2.29. The van der Waals surface area contributed by atoms with Crippen molar-refractivity contribution in [1.29, 1.82) is 0 Å². The molecule has 0 saturated heterocycles. The number of benzene rings is 2. The molecule has 0 aromatic heterocycles. The summed E-state index contributed by atoms with van der Waals surface area (Å²) in [5.74, 6) is -1.43. The third-order valence-corrected chi connectivity index (χ3v) is 3.57. The molecule has 146 valence electrons. The maximum Gasteiger partial charge on any atom is 0.337 e. The Balaban J connectivity index is 1.97. The van der Waals surface area contributed by atoms with E-state index in [0.29, 0.717) is 28.3 Å². The van der Waals surface area contributed by atoms with Gasteiger partial charge in [0.15, 0.2) is 11.5 Å². The van der Waals surface area contributed by atoms with Crippen LogP contribution >= 0.6 is 0 Å². The first-order chi connectivity index (χ1) is 13.5. The van der Waals surface area contributed by atoms with Gasteiger partial charge in [0.05, 0.1) is 33.1 Å². The summed E-state index contributed by atoms with van der Waals surface area (Å²) in [5, 5.41) is 6.15. The van der Waals surface area contributed by atoms with Gasteiger partial charge in [-0.15, -0.1) is 0 Å². The second-order valence-corrected chi connectivity index (χ2v) is 5.30. The number of hydrogen-bond donors (Lipinski definition) is 2. The lowest BCUT2D eigenvalue weighted by atomic mass is 10.2. The van der Waals surface area contributed by atoms with E-state index in [1.165, 1.54) is 51.8 Å². The number of para-hydroxylation sites is 1. The fourth-order valence-electron chi connectivity index (χ4n) is 2.22. The molecule has 0 atom stereocenters. The molecule has 2 N–H and O–H groups in total. The summed E-state index contributed by atoms with van der Waals surface area (Å²) in [4.78, 5) is 35.2. The molecular weight excluding hydrogens is 366 g/mol. The molecule has 9 heteroatoms. The average molecular weight is 385 g/mol. The Kier molecular flexibility index (Phi) is 7.09. The molecule has 28 heavy (non-hydrogen) atoms. The molecule has 9 nitrogen and oxygen atoms in total. The molecule has 2 amide bonds. The maximum absolute atomic E-state index is 11.9. The predicted octanol–water partition coefficient (Wildman–Crippen LogP) is 1.58. The summed E-state index contributed by atoms with van der Waals surface area (Å²) in [6.45, 7) is 0. The molecule has 2 rings (SSSR count). The minimum Gasteiger partial charge on any atom is -0.493 e. The van der Waals surface area contributed by atoms with E-state index in [4.69, 9.17) is 9.47 Å². The van der Waals surface area contributed by atoms with Crippen molar-refractivity contribution in [2.45, 2.75) is 0 Å². The van der Waals surface area contributed by atoms with Crippen LogP contribution in [0.4, 0.5) is 5.69 Å². The first kappa shape index (κ1) is 20.4. The Morgan fingerprint density at radius 3 is 2.25 bits per heavy atom. The van der Waals surface area contributed by atoms with E-state index in [-0.39, 0.29) is 0 Å². The average Bonchev–Trinajstić information content (AvgIpc) is 2.73. The molecule has 0 aliphatic rings. The number of anilines is 1. The Morgan fingerprint density at radius 2 is 1.64 bits per heavy atom. The number of carbonyl (C=O) groups excluding carboxylic acids is 3. The molecular formula is C19H19N3O6. The van der Waals surface area contributed by atoms with Crippen LogP contribution in [0.5, 0.6) is 11.5 Å². The number of methoxy groups -OCH3 is 3. The Hall–Kier alpha value is -3.88. The van der Waals surface area contributed by atoms with E-state index in [2.05, 4.69) is 20.6 Å². The minimum absolute atomic E-state index is 0.321. The van der Waals surface area contributed by atoms with Crippen LogP contribution in [-0.2, 0) is 14.3 Å². The third-order valence-electron chi connectivity index (χ3n) is 3.57. The van der Waals surface area contributed by atoms with Gasteiger partial charge in [-0.25, -0.2) is 10.2 Å². The number of nitrogens with one attached hydrogen (secondary N) is 2. The van der Waals surface area contributed by atoms with Gasteiger partial charge in [-0.1, -0.05) is 6.07 Å². The van der Waals surface area contributed by atoms with E-state index in [1.54, 1.807) is 18.2 Å². The number of esters is 1. The predicted molar refractivity (Wildman–Crippen MR) is 102 cm³/mol. The zero-order chi connectivity index (χ0) is 20.5. The van der Waals surface area contributed by atoms with Crippen molar-refractivity contribution < 1.29 is 28.6 Å². The van der Waals surface area contributed by atoms with Crippen LogP contribution in [0.15, 0.2) is 47.6 Å². The van der Waals surface area contributed by atoms with Gasteiger partial charge in [-0.05, 0) is 36.4 Å². The van der Waals surface area contributed by atoms with Gasteiger partial charge in [-0.3, -0.25) is 9.59 Å². The lowest BCUT2D eigenvalue weighted by Crippen LogP contribution is -2.32. The van der Waals surface area contributed by atoms with E-state index in [0.717, 1.165) is 0 Å². The number of nitrogens with zero attached hydrogens (tertiary/aromatic N) is 1. The van der Waals surface area contributed by atoms with Crippen molar-refractivity contribution in [3.8, 4) is 11.5 Å². The summed E-state index contributed by atoms with van der Waals surface area (Å²) in [6.07, 6.45) is 1.33. The molecule has 0 fully saturated rings. The largest absolute Gasteiger partial charge is 0.493 e. The molecule has 0 saturated carbocycles. The molecule has 2 aromatic rings. The van der Waals surface area contributed by atoms with Crippen molar-refractivity contribution >= 4 is 29.7 Å². The van der Waals surface area contributed by atoms with E-state index in [9.17, 15) is 14.4 Å². The Morgan fingerprint density at radius 1 is 0.929 bits per heavy atom. The van der Waals surface area contributed by atoms with E-state index in [1.807, 2.05) is 0 Å². The van der Waals surface area contributed by atoms with Crippen molar-refractivity contribution in [1.82, 2.24) is 5.43 Å². The van der Waals surface area contributed by atoms with Crippen molar-refractivity contribution in [3.05, 3.63) is 53.6 Å². The summed E-state index contributed by atoms with van der Waals surface area (Å²) in [7, 11) is 4.25. The van der Waals surface area contributed by atoms with Gasteiger partial charge in [-0.2, -0.15) is 5.10 Å². The van der Waals surface area contributed by atoms with Gasteiger partial charge in [0.2, 0.25) is 0 Å². The van der Waals surface area contributed by atoms with Crippen LogP contribution in [0.25, 0.3) is 0 Å². The summed E-state index contributed by atoms with van der Waals surface area (Å²) in [6, 6.07) is 11.0. The smallest absolute Gasteiger partial charge is 0.337 e. The summed E-state index contributed by atoms with van der Waals surface area (Å²) >= 11 is 0. The quantitative estimate of drug-likeness (QED) is 0.338. The highest BCUT2D eigenvalue weighted by atomic mass is 16.5. The van der Waals surface area contributed by atoms with E-state index < -0.39 is 17.8 Å². The number of carbonyl (C=O) groups is 3. The van der Waals surface area contributed by atoms with Gasteiger partial charge in [0.1, 0.15) is 0 Å². The van der Waals surface area contributed by atoms with Gasteiger partial charge >= 0.3 is 17.8 Å². The molecule has 2 aromatic carbocycles. The molecule has 0 bridgehead atoms. The van der Waals surface area contributed by atoms with Crippen LogP contribution in [0.1, 0.15) is 15.9 Å². The molecule has 0 radical (unpaired) electrons. The minimum atomic E-state index is -0.963. The fourth-order valence-corrected chi connectivity index (χ4v) is 2.22. The van der Waals surface area contributed by atoms with Crippen molar-refractivity contribution in [2.24, 2.45) is 5.10 Å². The second kappa shape index (κ2) is 9.72. The monoisotopic (exact) mass is 385 g/mol. The third kappa shape index (κ3) is 5.07. The standard InChI is InChI=1S/C19H19N3O6/c1-26-15-6-4-5-13(16(15)27-2)11-20-22-18(24)17(23)21-14-9-7-12(8-10-14)19(25)28-3/h4-11H,1-3H3,(H,21,23)(H,22,24)/b20-11-. The number of hydrazone groups is 1. The second-order valence-electron chi connectivity index (χ2n) is 5.30. The Labute approximate surface area is 161 Å². The molecule has 0 aliphatic heterocycles. The number of hydrogen-bond acceptors (Lipinski definition) is 7. The van der Waals surface area contributed by atoms with Crippen LogP contribution in [-0.4, -0.2) is 45.3 Å². The fraction of sp³-hybridized carbons (Fsp3) is 0.158. The maximum atomic E-state index is 11.9. The number of ether oxygens (including phenoxy) is 3. The zero-order valence-electron chi connectivity index (χ0n) is 15.5. The Bertz CT molecular complexity index is 893. The van der Waals surface area contributed by atoms with E-state index >= 15 is 0 Å². The van der Waals surface area contributed by atoms with Crippen LogP contribution < -0.4 is 20.2 Å². The lowest BCUT2D eigenvalue weighted by Gasteiger charge is -2.09. The zero-order valence-corrected chi connectivity index (χ0v) is 15.5. The van der Waals surface area contributed by atoms with Gasteiger partial charge in [0.25, 0.3) is 0 Å². The van der Waals surface area contributed by atoms with Crippen molar-refractivity contribution in [3.63, 3.8) is 0 Å². The first-order valence-electron chi connectivity index (χ1n) is 8.04. The molecule has 0 unspecified atom stereocenters. The van der Waals surface area contributed by atoms with Gasteiger partial charge in [0, 0.05) is 11.3 Å². The normalized spacial score (nSPS) is 10.2. The highest BCUT2D eigenvalue weighted by Gasteiger charge is 2.14. The van der Waals surface area contributed by atoms with Crippen LogP contribution in [0, 0.1) is 0 Å².